The van der Waals surface area contributed by atoms with E-state index in [4.69, 9.17) is 4.74 Å². The third-order valence-electron chi connectivity index (χ3n) is 3.06. The van der Waals surface area contributed by atoms with E-state index in [-0.39, 0.29) is 12.5 Å². The Labute approximate surface area is 119 Å². The fraction of sp³-hybridized carbons (Fsp3) is 0.235. The summed E-state index contributed by atoms with van der Waals surface area (Å²) in [5.74, 6) is 0.558. The molecular weight excluding hydrogens is 250 g/mol. The van der Waals surface area contributed by atoms with Gasteiger partial charge in [0.1, 0.15) is 5.75 Å². The molecule has 3 nitrogen and oxygen atoms in total. The number of ether oxygens (including phenoxy) is 1. The van der Waals surface area contributed by atoms with E-state index in [2.05, 4.69) is 5.32 Å². The monoisotopic (exact) mass is 269 g/mol. The maximum Gasteiger partial charge on any atom is 0.258 e. The number of amides is 1. The van der Waals surface area contributed by atoms with Crippen LogP contribution in [0.15, 0.2) is 60.7 Å². The first-order valence-corrected chi connectivity index (χ1v) is 6.62. The van der Waals surface area contributed by atoms with Gasteiger partial charge in [-0.1, -0.05) is 48.5 Å². The second-order valence-corrected chi connectivity index (χ2v) is 5.14. The van der Waals surface area contributed by atoms with E-state index >= 15 is 0 Å². The Balaban J connectivity index is 1.91. The van der Waals surface area contributed by atoms with Crippen molar-refractivity contribution in [2.75, 3.05) is 6.61 Å². The lowest BCUT2D eigenvalue weighted by Crippen LogP contribution is -2.43. The zero-order valence-electron chi connectivity index (χ0n) is 11.8. The highest BCUT2D eigenvalue weighted by Gasteiger charge is 2.22. The fourth-order valence-electron chi connectivity index (χ4n) is 1.98. The van der Waals surface area contributed by atoms with E-state index in [1.165, 1.54) is 0 Å². The highest BCUT2D eigenvalue weighted by atomic mass is 16.5. The molecule has 1 amide bonds. The van der Waals surface area contributed by atoms with E-state index in [0.29, 0.717) is 5.75 Å². The van der Waals surface area contributed by atoms with Gasteiger partial charge in [0, 0.05) is 0 Å². The van der Waals surface area contributed by atoms with Gasteiger partial charge in [-0.05, 0) is 31.5 Å². The third kappa shape index (κ3) is 3.85. The van der Waals surface area contributed by atoms with Gasteiger partial charge in [0.15, 0.2) is 6.61 Å². The first-order chi connectivity index (χ1) is 9.58. The van der Waals surface area contributed by atoms with Crippen LogP contribution in [0.3, 0.4) is 0 Å². The minimum atomic E-state index is -0.418. The van der Waals surface area contributed by atoms with Crippen LogP contribution >= 0.6 is 0 Å². The molecule has 0 saturated carbocycles. The molecule has 104 valence electrons. The second kappa shape index (κ2) is 6.24. The van der Waals surface area contributed by atoms with Gasteiger partial charge < -0.3 is 10.1 Å². The van der Waals surface area contributed by atoms with Gasteiger partial charge in [-0.3, -0.25) is 4.79 Å². The van der Waals surface area contributed by atoms with Gasteiger partial charge in [0.25, 0.3) is 5.91 Å². The minimum absolute atomic E-state index is 0.0142. The number of nitrogens with one attached hydrogen (secondary N) is 1. The van der Waals surface area contributed by atoms with Crippen LogP contribution in [0, 0.1) is 0 Å². The summed E-state index contributed by atoms with van der Waals surface area (Å²) in [6, 6.07) is 19.2. The van der Waals surface area contributed by atoms with Gasteiger partial charge in [0.05, 0.1) is 5.54 Å². The van der Waals surface area contributed by atoms with E-state index in [9.17, 15) is 4.79 Å². The van der Waals surface area contributed by atoms with E-state index < -0.39 is 5.54 Å². The Kier molecular flexibility index (Phi) is 4.41. The van der Waals surface area contributed by atoms with Crippen LogP contribution in [0.2, 0.25) is 0 Å². The molecule has 0 saturated heterocycles. The summed E-state index contributed by atoms with van der Waals surface area (Å²) in [4.78, 5) is 12.0. The molecule has 0 fully saturated rings. The normalized spacial score (nSPS) is 10.9. The molecule has 0 aliphatic carbocycles. The zero-order valence-corrected chi connectivity index (χ0v) is 11.8. The Morgan fingerprint density at radius 2 is 1.55 bits per heavy atom. The predicted octanol–water partition coefficient (Wildman–Crippen LogP) is 3.12. The van der Waals surface area contributed by atoms with Crippen molar-refractivity contribution < 1.29 is 9.53 Å². The fourth-order valence-corrected chi connectivity index (χ4v) is 1.98. The van der Waals surface area contributed by atoms with Crippen molar-refractivity contribution >= 4 is 5.91 Å². The number of carbonyl (C=O) groups excluding carboxylic acids is 1. The number of carbonyl (C=O) groups is 1. The van der Waals surface area contributed by atoms with Crippen LogP contribution in [0.25, 0.3) is 0 Å². The van der Waals surface area contributed by atoms with Gasteiger partial charge in [-0.2, -0.15) is 0 Å². The van der Waals surface area contributed by atoms with Gasteiger partial charge in [0.2, 0.25) is 0 Å². The molecule has 1 N–H and O–H groups in total. The molecule has 2 aromatic rings. The molecule has 0 aromatic heterocycles. The van der Waals surface area contributed by atoms with Gasteiger partial charge in [-0.25, -0.2) is 0 Å². The molecule has 2 aromatic carbocycles. The number of benzene rings is 2. The summed E-state index contributed by atoms with van der Waals surface area (Å²) in [6.07, 6.45) is 0. The first-order valence-electron chi connectivity index (χ1n) is 6.62. The van der Waals surface area contributed by atoms with E-state index in [1.807, 2.05) is 74.5 Å². The smallest absolute Gasteiger partial charge is 0.258 e. The molecule has 0 aliphatic rings. The van der Waals surface area contributed by atoms with Crippen LogP contribution in [0.5, 0.6) is 5.75 Å². The highest BCUT2D eigenvalue weighted by Crippen LogP contribution is 2.19. The lowest BCUT2D eigenvalue weighted by Gasteiger charge is -2.26. The average Bonchev–Trinajstić information content (AvgIpc) is 2.47. The number of para-hydroxylation sites is 1. The van der Waals surface area contributed by atoms with Crippen molar-refractivity contribution in [3.8, 4) is 5.75 Å². The number of hydrogen-bond acceptors (Lipinski definition) is 2. The van der Waals surface area contributed by atoms with Crippen LogP contribution in [-0.4, -0.2) is 12.5 Å². The molecule has 3 heteroatoms. The van der Waals surface area contributed by atoms with Crippen LogP contribution < -0.4 is 10.1 Å². The second-order valence-electron chi connectivity index (χ2n) is 5.14. The van der Waals surface area contributed by atoms with Crippen molar-refractivity contribution in [1.82, 2.24) is 5.32 Å². The molecule has 0 spiro atoms. The Morgan fingerprint density at radius 3 is 2.15 bits per heavy atom. The quantitative estimate of drug-likeness (QED) is 0.905. The standard InChI is InChI=1S/C17H19NO2/c1-17(2,14-9-5-3-6-10-14)18-16(19)13-20-15-11-7-4-8-12-15/h3-12H,13H2,1-2H3,(H,18,19). The summed E-state index contributed by atoms with van der Waals surface area (Å²) < 4.78 is 5.44. The largest absolute Gasteiger partial charge is 0.484 e. The van der Waals surface area contributed by atoms with Gasteiger partial charge in [-0.15, -0.1) is 0 Å². The summed E-state index contributed by atoms with van der Waals surface area (Å²) in [6.45, 7) is 3.96. The molecule has 20 heavy (non-hydrogen) atoms. The maximum absolute atomic E-state index is 12.0. The Bertz CT molecular complexity index is 550. The lowest BCUT2D eigenvalue weighted by atomic mass is 9.94. The van der Waals surface area contributed by atoms with Crippen molar-refractivity contribution in [3.63, 3.8) is 0 Å². The SMILES string of the molecule is CC(C)(NC(=O)COc1ccccc1)c1ccccc1. The minimum Gasteiger partial charge on any atom is -0.484 e. The number of rotatable bonds is 5. The molecule has 0 radical (unpaired) electrons. The molecule has 2 rings (SSSR count). The van der Waals surface area contributed by atoms with Crippen LogP contribution in [0.4, 0.5) is 0 Å². The maximum atomic E-state index is 12.0. The molecule has 0 bridgehead atoms. The van der Waals surface area contributed by atoms with Crippen molar-refractivity contribution in [3.05, 3.63) is 66.2 Å². The summed E-state index contributed by atoms with van der Waals surface area (Å²) in [5.41, 5.74) is 0.645. The summed E-state index contributed by atoms with van der Waals surface area (Å²) in [7, 11) is 0. The van der Waals surface area contributed by atoms with Crippen molar-refractivity contribution in [2.45, 2.75) is 19.4 Å². The average molecular weight is 269 g/mol. The Morgan fingerprint density at radius 1 is 1.00 bits per heavy atom. The lowest BCUT2D eigenvalue weighted by molar-refractivity contribution is -0.124. The van der Waals surface area contributed by atoms with Crippen LogP contribution in [0.1, 0.15) is 19.4 Å². The highest BCUT2D eigenvalue weighted by molar-refractivity contribution is 5.78. The van der Waals surface area contributed by atoms with Crippen LogP contribution in [-0.2, 0) is 10.3 Å². The Hall–Kier alpha value is -2.29. The summed E-state index contributed by atoms with van der Waals surface area (Å²) >= 11 is 0. The number of hydrogen-bond donors (Lipinski definition) is 1. The molecule has 0 heterocycles. The molecule has 0 atom stereocenters. The first kappa shape index (κ1) is 14.1. The summed E-state index contributed by atoms with van der Waals surface area (Å²) in [5, 5.41) is 2.98. The molecule has 0 aliphatic heterocycles. The topological polar surface area (TPSA) is 38.3 Å². The van der Waals surface area contributed by atoms with Crippen molar-refractivity contribution in [2.24, 2.45) is 0 Å². The van der Waals surface area contributed by atoms with E-state index in [0.717, 1.165) is 5.56 Å². The van der Waals surface area contributed by atoms with Crippen molar-refractivity contribution in [1.29, 1.82) is 0 Å². The third-order valence-corrected chi connectivity index (χ3v) is 3.06. The van der Waals surface area contributed by atoms with Gasteiger partial charge >= 0.3 is 0 Å². The predicted molar refractivity (Wildman–Crippen MR) is 79.5 cm³/mol. The zero-order chi connectivity index (χ0) is 14.4. The molecular formula is C17H19NO2. The molecule has 0 unspecified atom stereocenters. The van der Waals surface area contributed by atoms with E-state index in [1.54, 1.807) is 0 Å².